The van der Waals surface area contributed by atoms with Crippen LogP contribution in [-0.4, -0.2) is 11.2 Å². The van der Waals surface area contributed by atoms with Gasteiger partial charge in [-0.1, -0.05) is 65.3 Å². The maximum absolute atomic E-state index is 10.3. The molecular weight excluding hydrogens is 388 g/mol. The van der Waals surface area contributed by atoms with E-state index in [0.29, 0.717) is 22.2 Å². The second-order valence-corrected chi connectivity index (χ2v) is 14.2. The second kappa shape index (κ2) is 8.58. The summed E-state index contributed by atoms with van der Waals surface area (Å²) in [5.74, 6) is 5.00. The van der Waals surface area contributed by atoms with Crippen molar-refractivity contribution in [3.8, 4) is 0 Å². The smallest absolute Gasteiger partial charge is 0.0577 e. The number of aliphatic hydroxyl groups excluding tert-OH is 1. The van der Waals surface area contributed by atoms with E-state index in [1.54, 1.807) is 5.57 Å². The van der Waals surface area contributed by atoms with Crippen LogP contribution in [0.1, 0.15) is 113 Å². The molecule has 1 N–H and O–H groups in total. The van der Waals surface area contributed by atoms with Crippen molar-refractivity contribution in [2.45, 2.75) is 119 Å². The number of allylic oxidation sites excluding steroid dienone is 2. The summed E-state index contributed by atoms with van der Waals surface area (Å²) in [6, 6.07) is 0. The molecule has 4 rings (SSSR count). The molecule has 0 heterocycles. The van der Waals surface area contributed by atoms with Crippen LogP contribution in [0.5, 0.6) is 0 Å². The summed E-state index contributed by atoms with van der Waals surface area (Å²) in [5, 5.41) is 10.3. The number of hydrogen-bond donors (Lipinski definition) is 1. The van der Waals surface area contributed by atoms with E-state index in [9.17, 15) is 5.11 Å². The molecule has 0 radical (unpaired) electrons. The third-order valence-corrected chi connectivity index (χ3v) is 11.4. The Labute approximate surface area is 199 Å². The highest BCUT2D eigenvalue weighted by atomic mass is 16.3. The Morgan fingerprint density at radius 1 is 1.09 bits per heavy atom. The monoisotopic (exact) mass is 440 g/mol. The molecule has 0 aromatic carbocycles. The quantitative estimate of drug-likeness (QED) is 0.424. The maximum Gasteiger partial charge on any atom is 0.0577 e. The van der Waals surface area contributed by atoms with Crippen LogP contribution in [-0.2, 0) is 0 Å². The zero-order chi connectivity index (χ0) is 23.5. The lowest BCUT2D eigenvalue weighted by Crippen LogP contribution is -2.50. The first-order chi connectivity index (χ1) is 14.9. The Morgan fingerprint density at radius 2 is 1.81 bits per heavy atom. The molecule has 5 unspecified atom stereocenters. The third kappa shape index (κ3) is 4.08. The molecule has 1 nitrogen and oxygen atoms in total. The van der Waals surface area contributed by atoms with E-state index in [2.05, 4.69) is 61.1 Å². The fourth-order valence-electron chi connectivity index (χ4n) is 9.67. The van der Waals surface area contributed by atoms with Gasteiger partial charge in [-0.05, 0) is 123 Å². The van der Waals surface area contributed by atoms with Crippen LogP contribution in [0.25, 0.3) is 0 Å². The molecule has 4 aliphatic rings. The lowest BCUT2D eigenvalue weighted by Gasteiger charge is -2.58. The van der Waals surface area contributed by atoms with Crippen LogP contribution in [0.3, 0.4) is 0 Å². The minimum Gasteiger partial charge on any atom is -0.393 e. The Bertz CT molecular complexity index is 740. The predicted octanol–water partition coefficient (Wildman–Crippen LogP) is 8.58. The minimum absolute atomic E-state index is 0.0902. The van der Waals surface area contributed by atoms with Gasteiger partial charge in [0.05, 0.1) is 6.10 Å². The average Bonchev–Trinajstić information content (AvgIpc) is 3.04. The van der Waals surface area contributed by atoms with Gasteiger partial charge in [-0.15, -0.1) is 0 Å². The summed E-state index contributed by atoms with van der Waals surface area (Å²) in [4.78, 5) is 0. The fourth-order valence-corrected chi connectivity index (χ4v) is 9.67. The van der Waals surface area contributed by atoms with Gasteiger partial charge in [0.15, 0.2) is 0 Å². The molecule has 0 spiro atoms. The molecule has 3 saturated carbocycles. The number of aliphatic hydroxyl groups is 1. The van der Waals surface area contributed by atoms with E-state index in [1.165, 1.54) is 56.9 Å². The summed E-state index contributed by atoms with van der Waals surface area (Å²) in [6.07, 6.45) is 15.4. The van der Waals surface area contributed by atoms with Gasteiger partial charge in [0.2, 0.25) is 0 Å². The Balaban J connectivity index is 1.48. The first kappa shape index (κ1) is 24.6. The molecule has 0 saturated heterocycles. The van der Waals surface area contributed by atoms with Gasteiger partial charge in [0, 0.05) is 0 Å². The van der Waals surface area contributed by atoms with Gasteiger partial charge in [-0.3, -0.25) is 0 Å². The van der Waals surface area contributed by atoms with E-state index in [0.717, 1.165) is 42.4 Å². The Hall–Kier alpha value is -0.560. The highest BCUT2D eigenvalue weighted by Gasteiger charge is 2.59. The summed E-state index contributed by atoms with van der Waals surface area (Å²) >= 11 is 0. The Kier molecular flexibility index (Phi) is 6.59. The fraction of sp³-hybridized carbons (Fsp3) is 0.871. The maximum atomic E-state index is 10.3. The normalized spacial score (nSPS) is 43.5. The van der Waals surface area contributed by atoms with E-state index >= 15 is 0 Å². The lowest BCUT2D eigenvalue weighted by atomic mass is 9.47. The van der Waals surface area contributed by atoms with Crippen molar-refractivity contribution < 1.29 is 5.11 Å². The number of fused-ring (bicyclic) bond motifs is 5. The van der Waals surface area contributed by atoms with Gasteiger partial charge >= 0.3 is 0 Å². The molecule has 182 valence electrons. The average molecular weight is 441 g/mol. The van der Waals surface area contributed by atoms with Crippen molar-refractivity contribution in [1.29, 1.82) is 0 Å². The first-order valence-electron chi connectivity index (χ1n) is 13.9. The summed E-state index contributed by atoms with van der Waals surface area (Å²) in [7, 11) is 0. The van der Waals surface area contributed by atoms with E-state index < -0.39 is 0 Å². The topological polar surface area (TPSA) is 20.2 Å². The Morgan fingerprint density at radius 3 is 2.47 bits per heavy atom. The number of hydrogen-bond acceptors (Lipinski definition) is 1. The molecule has 4 aliphatic carbocycles. The van der Waals surface area contributed by atoms with Gasteiger partial charge in [0.1, 0.15) is 0 Å². The van der Waals surface area contributed by atoms with Crippen LogP contribution in [0, 0.1) is 51.8 Å². The van der Waals surface area contributed by atoms with Crippen molar-refractivity contribution in [1.82, 2.24) is 0 Å². The summed E-state index contributed by atoms with van der Waals surface area (Å²) in [6.45, 7) is 21.6. The highest BCUT2D eigenvalue weighted by molar-refractivity contribution is 5.25. The van der Waals surface area contributed by atoms with E-state index in [4.69, 9.17) is 0 Å². The third-order valence-electron chi connectivity index (χ3n) is 11.4. The molecule has 0 amide bonds. The van der Waals surface area contributed by atoms with E-state index in [1.807, 2.05) is 0 Å². The van der Waals surface area contributed by atoms with Gasteiger partial charge in [-0.2, -0.15) is 0 Å². The van der Waals surface area contributed by atoms with Gasteiger partial charge < -0.3 is 5.11 Å². The SMILES string of the molecule is C=C(C)C(CC[C@@H](C)C1CCC2C3CC=C4C[C@@H](O)CC[C@]4(C)C3CC[C@@]21C)C(C)(C)C. The van der Waals surface area contributed by atoms with Crippen LogP contribution < -0.4 is 0 Å². The minimum atomic E-state index is -0.0902. The van der Waals surface area contributed by atoms with Gasteiger partial charge in [-0.25, -0.2) is 0 Å². The second-order valence-electron chi connectivity index (χ2n) is 14.2. The van der Waals surface area contributed by atoms with Crippen molar-refractivity contribution in [3.05, 3.63) is 23.8 Å². The van der Waals surface area contributed by atoms with Crippen LogP contribution in [0.15, 0.2) is 23.8 Å². The summed E-state index contributed by atoms with van der Waals surface area (Å²) in [5.41, 5.74) is 4.21. The molecule has 32 heavy (non-hydrogen) atoms. The van der Waals surface area contributed by atoms with Crippen molar-refractivity contribution in [3.63, 3.8) is 0 Å². The first-order valence-corrected chi connectivity index (χ1v) is 13.9. The van der Waals surface area contributed by atoms with Crippen LogP contribution in [0.2, 0.25) is 0 Å². The molecule has 0 aromatic rings. The lowest BCUT2D eigenvalue weighted by molar-refractivity contribution is -0.0575. The zero-order valence-corrected chi connectivity index (χ0v) is 22.3. The van der Waals surface area contributed by atoms with Crippen LogP contribution >= 0.6 is 0 Å². The highest BCUT2D eigenvalue weighted by Crippen LogP contribution is 2.67. The summed E-state index contributed by atoms with van der Waals surface area (Å²) < 4.78 is 0. The zero-order valence-electron chi connectivity index (χ0n) is 22.3. The standard InChI is InChI=1S/C31H52O/c1-20(2)25(29(4,5)6)12-9-21(3)26-13-14-27-24-11-10-22-19-23(32)15-17-30(22,7)28(24)16-18-31(26,27)8/h10,21,23-28,32H,1,9,11-19H2,2-8H3/t21-,23+,24?,25?,26?,27?,28?,30+,31-/m1/s1. The van der Waals surface area contributed by atoms with Crippen LogP contribution in [0.4, 0.5) is 0 Å². The largest absolute Gasteiger partial charge is 0.393 e. The van der Waals surface area contributed by atoms with E-state index in [-0.39, 0.29) is 6.10 Å². The van der Waals surface area contributed by atoms with Gasteiger partial charge in [0.25, 0.3) is 0 Å². The van der Waals surface area contributed by atoms with Crippen molar-refractivity contribution in [2.75, 3.05) is 0 Å². The molecule has 0 bridgehead atoms. The molecule has 9 atom stereocenters. The molecule has 1 heteroatoms. The predicted molar refractivity (Wildman–Crippen MR) is 137 cm³/mol. The number of rotatable bonds is 5. The molecule has 3 fully saturated rings. The molecular formula is C31H52O. The molecule has 0 aromatic heterocycles. The molecule has 0 aliphatic heterocycles. The van der Waals surface area contributed by atoms with Crippen molar-refractivity contribution >= 4 is 0 Å². The van der Waals surface area contributed by atoms with Crippen molar-refractivity contribution in [2.24, 2.45) is 51.8 Å².